The largest absolute Gasteiger partial charge is 0.384 e. The lowest BCUT2D eigenvalue weighted by atomic mass is 10.2. The highest BCUT2D eigenvalue weighted by Gasteiger charge is 2.16. The van der Waals surface area contributed by atoms with E-state index in [0.717, 1.165) is 31.7 Å². The Kier molecular flexibility index (Phi) is 2.40. The molecule has 1 aromatic rings. The predicted molar refractivity (Wildman–Crippen MR) is 49.1 cm³/mol. The van der Waals surface area contributed by atoms with Crippen molar-refractivity contribution in [1.29, 1.82) is 0 Å². The number of rotatable bonds is 2. The maximum absolute atomic E-state index is 5.54. The van der Waals surface area contributed by atoms with Crippen LogP contribution in [0.2, 0.25) is 0 Å². The topological polar surface area (TPSA) is 61.0 Å². The molecule has 0 amide bonds. The highest BCUT2D eigenvalue weighted by atomic mass is 16.5. The monoisotopic (exact) mass is 179 g/mol. The number of hydrogen-bond donors (Lipinski definition) is 1. The number of hydrogen-bond acceptors (Lipinski definition) is 4. The molecule has 1 atom stereocenters. The minimum absolute atomic E-state index is 0.293. The Balaban J connectivity index is 2.00. The highest BCUT2D eigenvalue weighted by molar-refractivity contribution is 5.25. The summed E-state index contributed by atoms with van der Waals surface area (Å²) in [6.45, 7) is 0.868. The Labute approximate surface area is 77.1 Å². The molecule has 70 valence electrons. The van der Waals surface area contributed by atoms with E-state index in [4.69, 9.17) is 10.5 Å². The first-order valence-electron chi connectivity index (χ1n) is 4.53. The molecule has 1 fully saturated rings. The number of anilines is 1. The van der Waals surface area contributed by atoms with Gasteiger partial charge in [-0.25, -0.2) is 9.97 Å². The molecule has 0 aromatic carbocycles. The van der Waals surface area contributed by atoms with Crippen LogP contribution in [0.1, 0.15) is 18.7 Å². The molecule has 1 aromatic heterocycles. The Morgan fingerprint density at radius 2 is 2.54 bits per heavy atom. The van der Waals surface area contributed by atoms with Crippen molar-refractivity contribution in [2.45, 2.75) is 25.4 Å². The summed E-state index contributed by atoms with van der Waals surface area (Å²) in [5, 5.41) is 0. The Hall–Kier alpha value is -1.16. The fraction of sp³-hybridized carbons (Fsp3) is 0.556. The molecule has 4 nitrogen and oxygen atoms in total. The van der Waals surface area contributed by atoms with Gasteiger partial charge < -0.3 is 10.5 Å². The van der Waals surface area contributed by atoms with E-state index in [0.29, 0.717) is 11.9 Å². The summed E-state index contributed by atoms with van der Waals surface area (Å²) in [6, 6.07) is 1.69. The van der Waals surface area contributed by atoms with Crippen LogP contribution in [0.5, 0.6) is 0 Å². The summed E-state index contributed by atoms with van der Waals surface area (Å²) < 4.78 is 5.48. The molecule has 0 aliphatic carbocycles. The van der Waals surface area contributed by atoms with E-state index >= 15 is 0 Å². The average molecular weight is 179 g/mol. The molecule has 0 spiro atoms. The van der Waals surface area contributed by atoms with E-state index in [-0.39, 0.29) is 0 Å². The first-order valence-corrected chi connectivity index (χ1v) is 4.53. The average Bonchev–Trinajstić information content (AvgIpc) is 2.57. The minimum atomic E-state index is 0.293. The van der Waals surface area contributed by atoms with Gasteiger partial charge in [0.05, 0.1) is 6.10 Å². The first kappa shape index (κ1) is 8.44. The second-order valence-corrected chi connectivity index (χ2v) is 3.24. The quantitative estimate of drug-likeness (QED) is 0.728. The van der Waals surface area contributed by atoms with E-state index in [1.807, 2.05) is 0 Å². The van der Waals surface area contributed by atoms with Gasteiger partial charge in [-0.1, -0.05) is 0 Å². The van der Waals surface area contributed by atoms with E-state index in [9.17, 15) is 0 Å². The van der Waals surface area contributed by atoms with Gasteiger partial charge in [-0.05, 0) is 18.9 Å². The summed E-state index contributed by atoms with van der Waals surface area (Å²) in [5.41, 5.74) is 5.54. The van der Waals surface area contributed by atoms with E-state index in [1.165, 1.54) is 0 Å². The van der Waals surface area contributed by atoms with Crippen molar-refractivity contribution >= 4 is 5.82 Å². The molecule has 1 aliphatic heterocycles. The summed E-state index contributed by atoms with van der Waals surface area (Å²) in [6.07, 6.45) is 5.02. The predicted octanol–water partition coefficient (Wildman–Crippen LogP) is 0.780. The van der Waals surface area contributed by atoms with E-state index in [2.05, 4.69) is 9.97 Å². The molecule has 2 heterocycles. The number of aromatic nitrogens is 2. The lowest BCUT2D eigenvalue weighted by Gasteiger charge is -2.07. The lowest BCUT2D eigenvalue weighted by Crippen LogP contribution is -2.12. The zero-order valence-corrected chi connectivity index (χ0v) is 7.44. The van der Waals surface area contributed by atoms with Crippen LogP contribution in [0, 0.1) is 0 Å². The van der Waals surface area contributed by atoms with Crippen LogP contribution in [-0.2, 0) is 11.2 Å². The van der Waals surface area contributed by atoms with Crippen LogP contribution < -0.4 is 5.73 Å². The number of nitrogen functional groups attached to an aromatic ring is 1. The molecule has 2 rings (SSSR count). The van der Waals surface area contributed by atoms with Crippen LogP contribution in [0.25, 0.3) is 0 Å². The number of ether oxygens (including phenoxy) is 1. The maximum Gasteiger partial charge on any atom is 0.133 e. The van der Waals surface area contributed by atoms with Gasteiger partial charge >= 0.3 is 0 Å². The zero-order chi connectivity index (χ0) is 9.10. The number of nitrogens with zero attached hydrogens (tertiary/aromatic N) is 2. The molecule has 0 saturated carbocycles. The minimum Gasteiger partial charge on any atom is -0.384 e. The molecule has 1 saturated heterocycles. The van der Waals surface area contributed by atoms with Crippen LogP contribution in [-0.4, -0.2) is 22.7 Å². The second kappa shape index (κ2) is 3.70. The maximum atomic E-state index is 5.54. The molecular weight excluding hydrogens is 166 g/mol. The van der Waals surface area contributed by atoms with Crippen LogP contribution in [0.3, 0.4) is 0 Å². The molecule has 4 heteroatoms. The number of nitrogens with two attached hydrogens (primary N) is 1. The lowest BCUT2D eigenvalue weighted by molar-refractivity contribution is 0.110. The van der Waals surface area contributed by atoms with E-state index in [1.54, 1.807) is 12.3 Å². The van der Waals surface area contributed by atoms with E-state index < -0.39 is 0 Å². The third-order valence-electron chi connectivity index (χ3n) is 2.16. The van der Waals surface area contributed by atoms with Crippen molar-refractivity contribution in [3.05, 3.63) is 18.1 Å². The highest BCUT2D eigenvalue weighted by Crippen LogP contribution is 2.15. The van der Waals surface area contributed by atoms with Crippen molar-refractivity contribution in [2.24, 2.45) is 0 Å². The van der Waals surface area contributed by atoms with Gasteiger partial charge in [-0.15, -0.1) is 0 Å². The Bertz CT molecular complexity index is 284. The third-order valence-corrected chi connectivity index (χ3v) is 2.16. The normalized spacial score (nSPS) is 22.0. The zero-order valence-electron chi connectivity index (χ0n) is 7.44. The first-order chi connectivity index (χ1) is 6.34. The fourth-order valence-corrected chi connectivity index (χ4v) is 1.52. The van der Waals surface area contributed by atoms with Gasteiger partial charge in [-0.3, -0.25) is 0 Å². The van der Waals surface area contributed by atoms with Crippen LogP contribution in [0.4, 0.5) is 5.82 Å². The van der Waals surface area contributed by atoms with Gasteiger partial charge in [0.2, 0.25) is 0 Å². The molecule has 1 unspecified atom stereocenters. The van der Waals surface area contributed by atoms with Crippen LogP contribution in [0.15, 0.2) is 12.3 Å². The summed E-state index contributed by atoms with van der Waals surface area (Å²) in [7, 11) is 0. The summed E-state index contributed by atoms with van der Waals surface area (Å²) in [5.74, 6) is 1.31. The molecule has 0 bridgehead atoms. The van der Waals surface area contributed by atoms with Gasteiger partial charge in [-0.2, -0.15) is 0 Å². The smallest absolute Gasteiger partial charge is 0.133 e. The van der Waals surface area contributed by atoms with Crippen LogP contribution >= 0.6 is 0 Å². The summed E-state index contributed by atoms with van der Waals surface area (Å²) >= 11 is 0. The standard InChI is InChI=1S/C9H13N3O/c10-8-3-4-11-9(12-8)6-7-2-1-5-13-7/h3-4,7H,1-2,5-6H2,(H2,10,11,12). The van der Waals surface area contributed by atoms with Gasteiger partial charge in [0, 0.05) is 19.2 Å². The van der Waals surface area contributed by atoms with Crippen molar-refractivity contribution in [2.75, 3.05) is 12.3 Å². The van der Waals surface area contributed by atoms with Gasteiger partial charge in [0.25, 0.3) is 0 Å². The Morgan fingerprint density at radius 1 is 1.62 bits per heavy atom. The molecule has 2 N–H and O–H groups in total. The van der Waals surface area contributed by atoms with Crippen molar-refractivity contribution in [3.63, 3.8) is 0 Å². The van der Waals surface area contributed by atoms with Crippen molar-refractivity contribution in [1.82, 2.24) is 9.97 Å². The summed E-state index contributed by atoms with van der Waals surface area (Å²) in [4.78, 5) is 8.26. The molecule has 1 aliphatic rings. The van der Waals surface area contributed by atoms with Crippen molar-refractivity contribution in [3.8, 4) is 0 Å². The fourth-order valence-electron chi connectivity index (χ4n) is 1.52. The molecule has 13 heavy (non-hydrogen) atoms. The van der Waals surface area contributed by atoms with Crippen molar-refractivity contribution < 1.29 is 4.74 Å². The second-order valence-electron chi connectivity index (χ2n) is 3.24. The molecule has 0 radical (unpaired) electrons. The Morgan fingerprint density at radius 3 is 3.23 bits per heavy atom. The van der Waals surface area contributed by atoms with Gasteiger partial charge in [0.1, 0.15) is 11.6 Å². The van der Waals surface area contributed by atoms with Gasteiger partial charge in [0.15, 0.2) is 0 Å². The third kappa shape index (κ3) is 2.15. The molecular formula is C9H13N3O. The SMILES string of the molecule is Nc1ccnc(CC2CCCO2)n1.